The van der Waals surface area contributed by atoms with Crippen molar-refractivity contribution < 1.29 is 31.1 Å². The van der Waals surface area contributed by atoms with Crippen molar-refractivity contribution in [3.05, 3.63) is 29.1 Å². The minimum Gasteiger partial charge on any atom is -0.485 e. The predicted molar refractivity (Wildman–Crippen MR) is 37.7 cm³/mol. The van der Waals surface area contributed by atoms with Gasteiger partial charge in [0.25, 0.3) is 0 Å². The highest BCUT2D eigenvalue weighted by Crippen LogP contribution is 2.28. The molecule has 0 heterocycles. The van der Waals surface area contributed by atoms with E-state index in [0.717, 1.165) is 0 Å². The molecule has 15 heavy (non-hydrogen) atoms. The van der Waals surface area contributed by atoms with Crippen LogP contribution in [0.5, 0.6) is 5.75 Å². The second kappa shape index (κ2) is 4.41. The van der Waals surface area contributed by atoms with Crippen LogP contribution in [0.4, 0.5) is 26.3 Å². The van der Waals surface area contributed by atoms with Gasteiger partial charge >= 0.3 is 0 Å². The van der Waals surface area contributed by atoms with Crippen molar-refractivity contribution >= 4 is 0 Å². The first-order chi connectivity index (χ1) is 7.00. The molecule has 7 heteroatoms. The van der Waals surface area contributed by atoms with E-state index in [1.165, 1.54) is 0 Å². The molecule has 0 fully saturated rings. The predicted octanol–water partition coefficient (Wildman–Crippen LogP) is 2.73. The van der Waals surface area contributed by atoms with Crippen LogP contribution in [0.25, 0.3) is 0 Å². The van der Waals surface area contributed by atoms with E-state index in [4.69, 9.17) is 0 Å². The SMILES string of the molecule is FCCOc1c(F)c(F)c(F)c(F)c1F. The lowest BCUT2D eigenvalue weighted by Gasteiger charge is -2.08. The number of alkyl halides is 1. The van der Waals surface area contributed by atoms with Gasteiger partial charge in [-0.05, 0) is 0 Å². The highest BCUT2D eigenvalue weighted by atomic mass is 19.2. The van der Waals surface area contributed by atoms with Crippen molar-refractivity contribution in [2.24, 2.45) is 0 Å². The molecule has 1 aromatic rings. The molecule has 0 aromatic heterocycles. The Morgan fingerprint density at radius 2 is 1.13 bits per heavy atom. The number of ether oxygens (including phenoxy) is 1. The van der Waals surface area contributed by atoms with Gasteiger partial charge in [0.2, 0.25) is 29.1 Å². The van der Waals surface area contributed by atoms with E-state index in [1.54, 1.807) is 0 Å². The van der Waals surface area contributed by atoms with Crippen LogP contribution in [-0.4, -0.2) is 13.3 Å². The summed E-state index contributed by atoms with van der Waals surface area (Å²) in [5.41, 5.74) is 0. The molecular formula is C8H4F6O. The van der Waals surface area contributed by atoms with Gasteiger partial charge in [-0.2, -0.15) is 8.78 Å². The van der Waals surface area contributed by atoms with Gasteiger partial charge in [-0.3, -0.25) is 0 Å². The van der Waals surface area contributed by atoms with E-state index in [9.17, 15) is 26.3 Å². The van der Waals surface area contributed by atoms with Gasteiger partial charge in [-0.25, -0.2) is 17.6 Å². The summed E-state index contributed by atoms with van der Waals surface area (Å²) in [5.74, 6) is -12.2. The zero-order chi connectivity index (χ0) is 11.6. The molecule has 0 atom stereocenters. The molecule has 0 aliphatic heterocycles. The smallest absolute Gasteiger partial charge is 0.206 e. The van der Waals surface area contributed by atoms with Gasteiger partial charge in [0, 0.05) is 0 Å². The third kappa shape index (κ3) is 2.00. The lowest BCUT2D eigenvalue weighted by atomic mass is 10.2. The van der Waals surface area contributed by atoms with Crippen LogP contribution in [0.15, 0.2) is 0 Å². The molecule has 84 valence electrons. The van der Waals surface area contributed by atoms with E-state index in [-0.39, 0.29) is 0 Å². The van der Waals surface area contributed by atoms with Crippen LogP contribution < -0.4 is 4.74 Å². The summed E-state index contributed by atoms with van der Waals surface area (Å²) in [7, 11) is 0. The average Bonchev–Trinajstić information content (AvgIpc) is 2.24. The number of halogens is 6. The summed E-state index contributed by atoms with van der Waals surface area (Å²) in [5, 5.41) is 0. The average molecular weight is 230 g/mol. The Balaban J connectivity index is 3.26. The quantitative estimate of drug-likeness (QED) is 0.440. The standard InChI is InChI=1S/C8H4F6O/c9-1-2-15-8-6(13)4(11)3(10)5(12)7(8)14/h1-2H2. The molecule has 1 rings (SSSR count). The van der Waals surface area contributed by atoms with E-state index in [2.05, 4.69) is 4.74 Å². The van der Waals surface area contributed by atoms with Gasteiger partial charge in [-0.1, -0.05) is 0 Å². The highest BCUT2D eigenvalue weighted by Gasteiger charge is 2.26. The molecule has 0 saturated carbocycles. The second-order valence-electron chi connectivity index (χ2n) is 2.44. The summed E-state index contributed by atoms with van der Waals surface area (Å²) in [6.07, 6.45) is 0. The van der Waals surface area contributed by atoms with Crippen LogP contribution in [0.2, 0.25) is 0 Å². The molecule has 0 saturated heterocycles. The van der Waals surface area contributed by atoms with Crippen LogP contribution in [0.1, 0.15) is 0 Å². The molecule has 0 radical (unpaired) electrons. The largest absolute Gasteiger partial charge is 0.485 e. The molecule has 0 amide bonds. The van der Waals surface area contributed by atoms with Gasteiger partial charge in [0.05, 0.1) is 0 Å². The van der Waals surface area contributed by atoms with Gasteiger partial charge in [-0.15, -0.1) is 0 Å². The van der Waals surface area contributed by atoms with E-state index in [0.29, 0.717) is 0 Å². The van der Waals surface area contributed by atoms with Crippen molar-refractivity contribution in [3.8, 4) is 5.75 Å². The Labute approximate surface area is 80.3 Å². The Hall–Kier alpha value is -1.40. The molecule has 1 aromatic carbocycles. The molecule has 1 nitrogen and oxygen atoms in total. The first-order valence-corrected chi connectivity index (χ1v) is 3.70. The van der Waals surface area contributed by atoms with Crippen LogP contribution >= 0.6 is 0 Å². The number of rotatable bonds is 3. The van der Waals surface area contributed by atoms with Crippen molar-refractivity contribution in [3.63, 3.8) is 0 Å². The fourth-order valence-corrected chi connectivity index (χ4v) is 0.852. The lowest BCUT2D eigenvalue weighted by molar-refractivity contribution is 0.237. The highest BCUT2D eigenvalue weighted by molar-refractivity contribution is 5.29. The summed E-state index contributed by atoms with van der Waals surface area (Å²) in [4.78, 5) is 0. The molecule has 0 N–H and O–H groups in total. The maximum Gasteiger partial charge on any atom is 0.206 e. The summed E-state index contributed by atoms with van der Waals surface area (Å²) >= 11 is 0. The Kier molecular flexibility index (Phi) is 3.43. The monoisotopic (exact) mass is 230 g/mol. The first-order valence-electron chi connectivity index (χ1n) is 3.70. The Bertz CT molecular complexity index is 349. The second-order valence-corrected chi connectivity index (χ2v) is 2.44. The molecule has 0 spiro atoms. The van der Waals surface area contributed by atoms with Crippen LogP contribution in [0.3, 0.4) is 0 Å². The molecule has 0 unspecified atom stereocenters. The topological polar surface area (TPSA) is 9.23 Å². The Morgan fingerprint density at radius 1 is 0.733 bits per heavy atom. The van der Waals surface area contributed by atoms with Crippen LogP contribution in [-0.2, 0) is 0 Å². The molecular weight excluding hydrogens is 226 g/mol. The minimum absolute atomic E-state index is 0.793. The first kappa shape index (κ1) is 11.7. The fourth-order valence-electron chi connectivity index (χ4n) is 0.852. The van der Waals surface area contributed by atoms with Crippen molar-refractivity contribution in [1.82, 2.24) is 0 Å². The summed E-state index contributed by atoms with van der Waals surface area (Å²) in [6.45, 7) is -1.90. The van der Waals surface area contributed by atoms with Crippen LogP contribution in [0, 0.1) is 29.1 Å². The number of hydrogen-bond donors (Lipinski definition) is 0. The van der Waals surface area contributed by atoms with Crippen molar-refractivity contribution in [2.45, 2.75) is 0 Å². The van der Waals surface area contributed by atoms with E-state index in [1.807, 2.05) is 0 Å². The molecule has 0 bridgehead atoms. The van der Waals surface area contributed by atoms with E-state index < -0.39 is 48.1 Å². The molecule has 0 aliphatic rings. The Morgan fingerprint density at radius 3 is 1.53 bits per heavy atom. The van der Waals surface area contributed by atoms with Crippen molar-refractivity contribution in [1.29, 1.82) is 0 Å². The van der Waals surface area contributed by atoms with Crippen molar-refractivity contribution in [2.75, 3.05) is 13.3 Å². The zero-order valence-corrected chi connectivity index (χ0v) is 7.09. The van der Waals surface area contributed by atoms with E-state index >= 15 is 0 Å². The maximum absolute atomic E-state index is 12.8. The van der Waals surface area contributed by atoms with Gasteiger partial charge in [0.1, 0.15) is 13.3 Å². The maximum atomic E-state index is 12.8. The summed E-state index contributed by atoms with van der Waals surface area (Å²) in [6, 6.07) is 0. The number of benzene rings is 1. The molecule has 0 aliphatic carbocycles. The minimum atomic E-state index is -2.28. The fraction of sp³-hybridized carbons (Fsp3) is 0.250. The zero-order valence-electron chi connectivity index (χ0n) is 7.09. The van der Waals surface area contributed by atoms with Gasteiger partial charge < -0.3 is 4.74 Å². The third-order valence-electron chi connectivity index (χ3n) is 1.49. The third-order valence-corrected chi connectivity index (χ3v) is 1.49. The normalized spacial score (nSPS) is 10.5. The number of hydrogen-bond acceptors (Lipinski definition) is 1. The van der Waals surface area contributed by atoms with Gasteiger partial charge in [0.15, 0.2) is 5.75 Å². The summed E-state index contributed by atoms with van der Waals surface area (Å²) < 4.78 is 78.6. The lowest BCUT2D eigenvalue weighted by Crippen LogP contribution is -2.08.